The van der Waals surface area contributed by atoms with Crippen molar-refractivity contribution >= 4 is 62.3 Å². The third-order valence-corrected chi connectivity index (χ3v) is 9.34. The van der Waals surface area contributed by atoms with E-state index in [9.17, 15) is 18.0 Å². The third kappa shape index (κ3) is 8.54. The second-order valence-electron chi connectivity index (χ2n) is 10.4. The fourth-order valence-electron chi connectivity index (χ4n) is 4.63. The molecule has 0 aromatic heterocycles. The van der Waals surface area contributed by atoms with E-state index in [4.69, 9.17) is 34.8 Å². The van der Waals surface area contributed by atoms with Crippen LogP contribution >= 0.6 is 34.8 Å². The Bertz CT molecular complexity index is 1690. The van der Waals surface area contributed by atoms with Gasteiger partial charge in [0.15, 0.2) is 0 Å². The minimum atomic E-state index is -4.30. The van der Waals surface area contributed by atoms with Crippen molar-refractivity contribution < 1.29 is 18.0 Å². The summed E-state index contributed by atoms with van der Waals surface area (Å²) < 4.78 is 29.0. The quantitative estimate of drug-likeness (QED) is 0.176. The minimum absolute atomic E-state index is 0.0154. The van der Waals surface area contributed by atoms with Crippen LogP contribution in [0.3, 0.4) is 0 Å². The van der Waals surface area contributed by atoms with Gasteiger partial charge in [-0.15, -0.1) is 0 Å². The molecule has 0 aliphatic heterocycles. The second-order valence-corrected chi connectivity index (χ2v) is 13.6. The predicted octanol–water partition coefficient (Wildman–Crippen LogP) is 7.01. The molecule has 4 aromatic carbocycles. The third-order valence-electron chi connectivity index (χ3n) is 6.76. The van der Waals surface area contributed by atoms with E-state index in [0.717, 1.165) is 9.87 Å². The van der Waals surface area contributed by atoms with Gasteiger partial charge < -0.3 is 10.2 Å². The van der Waals surface area contributed by atoms with Crippen LogP contribution in [-0.4, -0.2) is 43.8 Å². The maximum absolute atomic E-state index is 14.4. The Kier molecular flexibility index (Phi) is 11.3. The number of amides is 2. The topological polar surface area (TPSA) is 86.8 Å². The van der Waals surface area contributed by atoms with Crippen LogP contribution in [0.25, 0.3) is 0 Å². The SMILES string of the molecule is CC(C)NC(=O)C(Cc1ccccc1)N(Cc1ccc(Cl)cc1)C(=O)CN(c1cc(Cl)ccc1Cl)S(=O)(=O)c1ccccc1. The van der Waals surface area contributed by atoms with Crippen molar-refractivity contribution in [2.75, 3.05) is 10.8 Å². The number of rotatable bonds is 12. The Morgan fingerprint density at radius 2 is 1.36 bits per heavy atom. The second kappa shape index (κ2) is 14.9. The number of anilines is 1. The molecule has 7 nitrogen and oxygen atoms in total. The Hall–Kier alpha value is -3.56. The van der Waals surface area contributed by atoms with E-state index in [0.29, 0.717) is 10.6 Å². The maximum atomic E-state index is 14.4. The number of benzene rings is 4. The van der Waals surface area contributed by atoms with Crippen molar-refractivity contribution in [2.45, 2.75) is 43.8 Å². The highest BCUT2D eigenvalue weighted by atomic mass is 35.5. The van der Waals surface area contributed by atoms with Gasteiger partial charge in [0.05, 0.1) is 15.6 Å². The fourth-order valence-corrected chi connectivity index (χ4v) is 6.64. The van der Waals surface area contributed by atoms with E-state index in [-0.39, 0.29) is 45.5 Å². The summed E-state index contributed by atoms with van der Waals surface area (Å²) in [7, 11) is -4.30. The molecule has 0 spiro atoms. The summed E-state index contributed by atoms with van der Waals surface area (Å²) in [4.78, 5) is 29.5. The van der Waals surface area contributed by atoms with E-state index < -0.39 is 28.5 Å². The van der Waals surface area contributed by atoms with Gasteiger partial charge in [-0.25, -0.2) is 8.42 Å². The smallest absolute Gasteiger partial charge is 0.264 e. The number of nitrogens with zero attached hydrogens (tertiary/aromatic N) is 2. The van der Waals surface area contributed by atoms with Gasteiger partial charge in [-0.3, -0.25) is 13.9 Å². The lowest BCUT2D eigenvalue weighted by molar-refractivity contribution is -0.140. The largest absolute Gasteiger partial charge is 0.352 e. The van der Waals surface area contributed by atoms with Crippen molar-refractivity contribution in [1.82, 2.24) is 10.2 Å². The monoisotopic (exact) mass is 671 g/mol. The standard InChI is InChI=1S/C33H32Cl3N3O4S/c1-23(2)37-33(41)31(19-24-9-5-3-6-10-24)38(21-25-13-15-26(34)16-14-25)32(40)22-39(30-20-27(35)17-18-29(30)36)44(42,43)28-11-7-4-8-12-28/h3-18,20,23,31H,19,21-22H2,1-2H3,(H,37,41). The van der Waals surface area contributed by atoms with Crippen LogP contribution in [0.4, 0.5) is 5.69 Å². The molecule has 1 atom stereocenters. The first kappa shape index (κ1) is 33.3. The first-order valence-corrected chi connectivity index (χ1v) is 16.4. The molecule has 0 fully saturated rings. The number of halogens is 3. The molecular formula is C33H32Cl3N3O4S. The Morgan fingerprint density at radius 3 is 1.98 bits per heavy atom. The summed E-state index contributed by atoms with van der Waals surface area (Å²) in [6, 6.07) is 27.2. The summed E-state index contributed by atoms with van der Waals surface area (Å²) in [5.74, 6) is -0.986. The molecule has 1 unspecified atom stereocenters. The molecule has 0 aliphatic carbocycles. The molecule has 2 amide bonds. The summed E-state index contributed by atoms with van der Waals surface area (Å²) in [5.41, 5.74) is 1.57. The summed E-state index contributed by atoms with van der Waals surface area (Å²) in [6.45, 7) is 3.03. The van der Waals surface area contributed by atoms with Crippen LogP contribution in [0.15, 0.2) is 108 Å². The Labute approximate surface area is 273 Å². The van der Waals surface area contributed by atoms with Crippen LogP contribution in [0.2, 0.25) is 15.1 Å². The zero-order valence-electron chi connectivity index (χ0n) is 24.2. The van der Waals surface area contributed by atoms with Crippen molar-refractivity contribution in [2.24, 2.45) is 0 Å². The van der Waals surface area contributed by atoms with Crippen molar-refractivity contribution in [3.05, 3.63) is 129 Å². The summed E-state index contributed by atoms with van der Waals surface area (Å²) in [6.07, 6.45) is 0.197. The number of hydrogen-bond acceptors (Lipinski definition) is 4. The van der Waals surface area contributed by atoms with Gasteiger partial charge in [0.25, 0.3) is 10.0 Å². The van der Waals surface area contributed by atoms with E-state index >= 15 is 0 Å². The van der Waals surface area contributed by atoms with Gasteiger partial charge in [-0.1, -0.05) is 95.5 Å². The maximum Gasteiger partial charge on any atom is 0.264 e. The zero-order valence-corrected chi connectivity index (χ0v) is 27.2. The molecule has 0 bridgehead atoms. The normalized spacial score (nSPS) is 12.0. The molecule has 0 heterocycles. The van der Waals surface area contributed by atoms with Gasteiger partial charge >= 0.3 is 0 Å². The molecule has 0 radical (unpaired) electrons. The van der Waals surface area contributed by atoms with Crippen LogP contribution in [0.1, 0.15) is 25.0 Å². The van der Waals surface area contributed by atoms with Gasteiger partial charge in [0, 0.05) is 29.1 Å². The van der Waals surface area contributed by atoms with Gasteiger partial charge in [0.1, 0.15) is 12.6 Å². The van der Waals surface area contributed by atoms with Crippen molar-refractivity contribution in [3.8, 4) is 0 Å². The number of carbonyl (C=O) groups is 2. The van der Waals surface area contributed by atoms with E-state index in [1.54, 1.807) is 42.5 Å². The first-order valence-electron chi connectivity index (χ1n) is 13.9. The minimum Gasteiger partial charge on any atom is -0.352 e. The van der Waals surface area contributed by atoms with E-state index in [1.807, 2.05) is 44.2 Å². The molecular weight excluding hydrogens is 641 g/mol. The van der Waals surface area contributed by atoms with Crippen LogP contribution in [0, 0.1) is 0 Å². The number of carbonyl (C=O) groups excluding carboxylic acids is 2. The van der Waals surface area contributed by atoms with Gasteiger partial charge in [0.2, 0.25) is 11.8 Å². The summed E-state index contributed by atoms with van der Waals surface area (Å²) in [5, 5.41) is 3.77. The highest BCUT2D eigenvalue weighted by Crippen LogP contribution is 2.33. The predicted molar refractivity (Wildman–Crippen MR) is 177 cm³/mol. The lowest BCUT2D eigenvalue weighted by atomic mass is 10.0. The van der Waals surface area contributed by atoms with Crippen LogP contribution in [0.5, 0.6) is 0 Å². The molecule has 11 heteroatoms. The van der Waals surface area contributed by atoms with Crippen molar-refractivity contribution in [1.29, 1.82) is 0 Å². The van der Waals surface area contributed by atoms with Crippen LogP contribution in [-0.2, 0) is 32.6 Å². The van der Waals surface area contributed by atoms with Crippen LogP contribution < -0.4 is 9.62 Å². The van der Waals surface area contributed by atoms with Gasteiger partial charge in [-0.05, 0) is 67.4 Å². The first-order chi connectivity index (χ1) is 21.0. The zero-order chi connectivity index (χ0) is 31.9. The molecule has 0 saturated carbocycles. The molecule has 1 N–H and O–H groups in total. The Balaban J connectivity index is 1.82. The van der Waals surface area contributed by atoms with E-state index in [1.165, 1.54) is 35.2 Å². The number of sulfonamides is 1. The van der Waals surface area contributed by atoms with Crippen molar-refractivity contribution in [3.63, 3.8) is 0 Å². The highest BCUT2D eigenvalue weighted by molar-refractivity contribution is 7.92. The number of hydrogen-bond donors (Lipinski definition) is 1. The lowest BCUT2D eigenvalue weighted by Crippen LogP contribution is -2.54. The highest BCUT2D eigenvalue weighted by Gasteiger charge is 2.35. The van der Waals surface area contributed by atoms with E-state index in [2.05, 4.69) is 5.32 Å². The number of nitrogens with one attached hydrogen (secondary N) is 1. The van der Waals surface area contributed by atoms with Gasteiger partial charge in [-0.2, -0.15) is 0 Å². The average molecular weight is 673 g/mol. The molecule has 0 saturated heterocycles. The lowest BCUT2D eigenvalue weighted by Gasteiger charge is -2.34. The molecule has 4 aromatic rings. The summed E-state index contributed by atoms with van der Waals surface area (Å²) >= 11 is 18.9. The Morgan fingerprint density at radius 1 is 0.773 bits per heavy atom. The molecule has 230 valence electrons. The molecule has 44 heavy (non-hydrogen) atoms. The average Bonchev–Trinajstić information content (AvgIpc) is 3.00. The molecule has 0 aliphatic rings. The molecule has 4 rings (SSSR count). The fraction of sp³-hybridized carbons (Fsp3) is 0.212.